The first-order chi connectivity index (χ1) is 16.2. The van der Waals surface area contributed by atoms with Crippen molar-refractivity contribution in [2.75, 3.05) is 17.2 Å². The SMILES string of the molecule is Cc1ccc(/C2=C(\C(=O)Nc3ccc(NCCc4ccccn4)cc3)CCCCCC2)cc1. The van der Waals surface area contributed by atoms with E-state index in [2.05, 4.69) is 46.8 Å². The van der Waals surface area contributed by atoms with Crippen LogP contribution in [0.4, 0.5) is 11.4 Å². The number of nitrogens with one attached hydrogen (secondary N) is 2. The van der Waals surface area contributed by atoms with Crippen LogP contribution in [0.3, 0.4) is 0 Å². The Kier molecular flexibility index (Phi) is 7.91. The van der Waals surface area contributed by atoms with Gasteiger partial charge in [-0.05, 0) is 80.1 Å². The Morgan fingerprint density at radius 1 is 0.848 bits per heavy atom. The first-order valence-corrected chi connectivity index (χ1v) is 12.0. The Labute approximate surface area is 197 Å². The molecule has 4 heteroatoms. The molecular weight excluding hydrogens is 406 g/mol. The zero-order valence-corrected chi connectivity index (χ0v) is 19.4. The third kappa shape index (κ3) is 6.55. The van der Waals surface area contributed by atoms with Crippen LogP contribution in [0.1, 0.15) is 55.3 Å². The lowest BCUT2D eigenvalue weighted by Gasteiger charge is -2.19. The number of allylic oxidation sites excluding steroid dienone is 1. The first kappa shape index (κ1) is 22.8. The number of nitrogens with zero attached hydrogens (tertiary/aromatic N) is 1. The monoisotopic (exact) mass is 439 g/mol. The van der Waals surface area contributed by atoms with E-state index in [0.29, 0.717) is 0 Å². The molecule has 2 N–H and O–H groups in total. The molecule has 0 saturated carbocycles. The van der Waals surface area contributed by atoms with Crippen LogP contribution in [0.5, 0.6) is 0 Å². The molecule has 2 aromatic carbocycles. The summed E-state index contributed by atoms with van der Waals surface area (Å²) in [5, 5.41) is 6.57. The fourth-order valence-electron chi connectivity index (χ4n) is 4.34. The van der Waals surface area contributed by atoms with Crippen LogP contribution < -0.4 is 10.6 Å². The van der Waals surface area contributed by atoms with Crippen LogP contribution in [-0.2, 0) is 11.2 Å². The molecule has 4 rings (SSSR count). The number of anilines is 2. The molecule has 0 fully saturated rings. The van der Waals surface area contributed by atoms with Crippen molar-refractivity contribution < 1.29 is 4.79 Å². The van der Waals surface area contributed by atoms with Crippen molar-refractivity contribution in [3.05, 3.63) is 95.3 Å². The van der Waals surface area contributed by atoms with E-state index >= 15 is 0 Å². The number of carbonyl (C=O) groups excluding carboxylic acids is 1. The average Bonchev–Trinajstić information content (AvgIpc) is 2.82. The summed E-state index contributed by atoms with van der Waals surface area (Å²) in [6.45, 7) is 2.91. The Morgan fingerprint density at radius 2 is 1.58 bits per heavy atom. The highest BCUT2D eigenvalue weighted by Gasteiger charge is 2.18. The zero-order valence-electron chi connectivity index (χ0n) is 19.4. The zero-order chi connectivity index (χ0) is 22.9. The maximum atomic E-state index is 13.3. The van der Waals surface area contributed by atoms with E-state index in [1.54, 1.807) is 0 Å². The van der Waals surface area contributed by atoms with Crippen LogP contribution in [0.25, 0.3) is 5.57 Å². The van der Waals surface area contributed by atoms with Crippen LogP contribution in [0, 0.1) is 6.92 Å². The summed E-state index contributed by atoms with van der Waals surface area (Å²) in [6.07, 6.45) is 9.12. The van der Waals surface area contributed by atoms with Crippen LogP contribution in [-0.4, -0.2) is 17.4 Å². The second-order valence-corrected chi connectivity index (χ2v) is 8.77. The van der Waals surface area contributed by atoms with Crippen molar-refractivity contribution >= 4 is 22.9 Å². The van der Waals surface area contributed by atoms with Crippen molar-refractivity contribution in [3.8, 4) is 0 Å². The first-order valence-electron chi connectivity index (χ1n) is 12.0. The van der Waals surface area contributed by atoms with Gasteiger partial charge >= 0.3 is 0 Å². The van der Waals surface area contributed by atoms with Gasteiger partial charge in [0.15, 0.2) is 0 Å². The summed E-state index contributed by atoms with van der Waals surface area (Å²) in [5.74, 6) is 0.0309. The molecule has 1 aromatic heterocycles. The smallest absolute Gasteiger partial charge is 0.251 e. The topological polar surface area (TPSA) is 54.0 Å². The van der Waals surface area contributed by atoms with Crippen molar-refractivity contribution in [1.29, 1.82) is 0 Å². The molecule has 0 saturated heterocycles. The molecule has 33 heavy (non-hydrogen) atoms. The molecule has 4 nitrogen and oxygen atoms in total. The Morgan fingerprint density at radius 3 is 2.30 bits per heavy atom. The van der Waals surface area contributed by atoms with Gasteiger partial charge in [0, 0.05) is 41.8 Å². The molecule has 0 spiro atoms. The number of hydrogen-bond donors (Lipinski definition) is 2. The van der Waals surface area contributed by atoms with Gasteiger partial charge in [0.1, 0.15) is 0 Å². The quantitative estimate of drug-likeness (QED) is 0.426. The molecule has 0 radical (unpaired) electrons. The van der Waals surface area contributed by atoms with E-state index < -0.39 is 0 Å². The summed E-state index contributed by atoms with van der Waals surface area (Å²) < 4.78 is 0. The number of benzene rings is 2. The fourth-order valence-corrected chi connectivity index (χ4v) is 4.34. The summed E-state index contributed by atoms with van der Waals surface area (Å²) in [4.78, 5) is 17.7. The minimum absolute atomic E-state index is 0.0309. The van der Waals surface area contributed by atoms with Crippen molar-refractivity contribution in [3.63, 3.8) is 0 Å². The minimum atomic E-state index is 0.0309. The highest BCUT2D eigenvalue weighted by Crippen LogP contribution is 2.31. The number of rotatable bonds is 7. The highest BCUT2D eigenvalue weighted by molar-refractivity contribution is 6.09. The number of carbonyl (C=O) groups is 1. The fraction of sp³-hybridized carbons (Fsp3) is 0.310. The second kappa shape index (κ2) is 11.5. The molecule has 170 valence electrons. The van der Waals surface area contributed by atoms with E-state index in [0.717, 1.165) is 61.3 Å². The second-order valence-electron chi connectivity index (χ2n) is 8.77. The molecule has 1 amide bonds. The molecular formula is C29H33N3O. The Balaban J connectivity index is 1.42. The normalized spacial score (nSPS) is 16.5. The Hall–Kier alpha value is -3.40. The average molecular weight is 440 g/mol. The number of pyridine rings is 1. The molecule has 3 aromatic rings. The van der Waals surface area contributed by atoms with E-state index in [1.807, 2.05) is 48.7 Å². The predicted molar refractivity (Wildman–Crippen MR) is 137 cm³/mol. The van der Waals surface area contributed by atoms with Gasteiger partial charge in [0.2, 0.25) is 0 Å². The maximum Gasteiger partial charge on any atom is 0.251 e. The summed E-state index contributed by atoms with van der Waals surface area (Å²) >= 11 is 0. The van der Waals surface area contributed by atoms with Crippen LogP contribution in [0.2, 0.25) is 0 Å². The molecule has 1 aliphatic carbocycles. The van der Waals surface area contributed by atoms with E-state index in [4.69, 9.17) is 0 Å². The predicted octanol–water partition coefficient (Wildman–Crippen LogP) is 6.79. The van der Waals surface area contributed by atoms with E-state index in [-0.39, 0.29) is 5.91 Å². The number of aryl methyl sites for hydroxylation is 1. The Bertz CT molecular complexity index is 1070. The van der Waals surface area contributed by atoms with Crippen LogP contribution in [0.15, 0.2) is 78.5 Å². The lowest BCUT2D eigenvalue weighted by Crippen LogP contribution is -2.17. The number of amides is 1. The van der Waals surface area contributed by atoms with Gasteiger partial charge in [-0.1, -0.05) is 48.7 Å². The van der Waals surface area contributed by atoms with Gasteiger partial charge in [-0.25, -0.2) is 0 Å². The van der Waals surface area contributed by atoms with Gasteiger partial charge in [0.25, 0.3) is 5.91 Å². The van der Waals surface area contributed by atoms with Gasteiger partial charge in [0.05, 0.1) is 0 Å². The van der Waals surface area contributed by atoms with Crippen molar-refractivity contribution in [1.82, 2.24) is 4.98 Å². The van der Waals surface area contributed by atoms with Gasteiger partial charge in [-0.3, -0.25) is 9.78 Å². The number of aromatic nitrogens is 1. The molecule has 0 aliphatic heterocycles. The van der Waals surface area contributed by atoms with Gasteiger partial charge in [-0.2, -0.15) is 0 Å². The van der Waals surface area contributed by atoms with Gasteiger partial charge in [-0.15, -0.1) is 0 Å². The molecule has 1 aliphatic rings. The summed E-state index contributed by atoms with van der Waals surface area (Å²) in [6, 6.07) is 22.5. The third-order valence-electron chi connectivity index (χ3n) is 6.22. The molecule has 1 heterocycles. The number of hydrogen-bond acceptors (Lipinski definition) is 3. The molecule has 0 bridgehead atoms. The minimum Gasteiger partial charge on any atom is -0.385 e. The summed E-state index contributed by atoms with van der Waals surface area (Å²) in [7, 11) is 0. The lowest BCUT2D eigenvalue weighted by atomic mass is 9.88. The van der Waals surface area contributed by atoms with Crippen molar-refractivity contribution in [2.24, 2.45) is 0 Å². The highest BCUT2D eigenvalue weighted by atomic mass is 16.1. The summed E-state index contributed by atoms with van der Waals surface area (Å²) in [5.41, 5.74) is 7.51. The van der Waals surface area contributed by atoms with Gasteiger partial charge < -0.3 is 10.6 Å². The lowest BCUT2D eigenvalue weighted by molar-refractivity contribution is -0.113. The maximum absolute atomic E-state index is 13.3. The van der Waals surface area contributed by atoms with E-state index in [9.17, 15) is 4.79 Å². The van der Waals surface area contributed by atoms with Crippen molar-refractivity contribution in [2.45, 2.75) is 51.9 Å². The molecule has 0 unspecified atom stereocenters. The molecule has 0 atom stereocenters. The largest absolute Gasteiger partial charge is 0.385 e. The van der Waals surface area contributed by atoms with Crippen LogP contribution >= 0.6 is 0 Å². The standard InChI is InChI=1S/C29H33N3O/c1-22-11-13-23(14-12-22)27-9-4-2-3-5-10-28(27)29(33)32-26-17-15-25(16-18-26)31-21-19-24-8-6-7-20-30-24/h6-8,11-18,20,31H,2-5,9-10,19,21H2,1H3,(H,32,33)/b28-27-. The van der Waals surface area contributed by atoms with E-state index in [1.165, 1.54) is 29.5 Å². The third-order valence-corrected chi connectivity index (χ3v) is 6.22.